The van der Waals surface area contributed by atoms with E-state index in [0.717, 1.165) is 25.3 Å². The Kier molecular flexibility index (Phi) is 4.59. The summed E-state index contributed by atoms with van der Waals surface area (Å²) in [5.74, 6) is 0.362. The molecule has 124 valence electrons. The fraction of sp³-hybridized carbons (Fsp3) is 0.294. The third-order valence-electron chi connectivity index (χ3n) is 4.15. The van der Waals surface area contributed by atoms with Gasteiger partial charge in [0.25, 0.3) is 0 Å². The molecule has 6 nitrogen and oxygen atoms in total. The maximum atomic E-state index is 11.1. The number of hydrogen-bond acceptors (Lipinski definition) is 6. The number of pyridine rings is 2. The van der Waals surface area contributed by atoms with Crippen molar-refractivity contribution in [2.75, 3.05) is 0 Å². The average Bonchev–Trinajstić information content (AvgIpc) is 3.44. The van der Waals surface area contributed by atoms with E-state index in [1.54, 1.807) is 24.3 Å². The molecule has 0 aromatic carbocycles. The van der Waals surface area contributed by atoms with Crippen LogP contribution >= 0.6 is 11.6 Å². The molecule has 3 N–H and O–H groups in total. The number of aromatic nitrogens is 2. The minimum Gasteiger partial charge on any atom is -0.454 e. The summed E-state index contributed by atoms with van der Waals surface area (Å²) >= 11 is 5.73. The van der Waals surface area contributed by atoms with Gasteiger partial charge in [0.2, 0.25) is 0 Å². The van der Waals surface area contributed by atoms with Crippen LogP contribution in [0, 0.1) is 22.7 Å². The normalized spacial score (nSPS) is 17.6. The topological polar surface area (TPSA) is 103 Å². The van der Waals surface area contributed by atoms with E-state index in [-0.39, 0.29) is 5.92 Å². The first-order valence-corrected chi connectivity index (χ1v) is 7.95. The maximum absolute atomic E-state index is 11.1. The molecular formula is C17H17ClN4O2. The van der Waals surface area contributed by atoms with Crippen LogP contribution in [0.3, 0.4) is 0 Å². The van der Waals surface area contributed by atoms with Crippen LogP contribution in [0.1, 0.15) is 18.5 Å². The molecule has 2 aromatic rings. The van der Waals surface area contributed by atoms with Crippen molar-refractivity contribution in [1.82, 2.24) is 9.97 Å². The van der Waals surface area contributed by atoms with E-state index < -0.39 is 11.5 Å². The average molecular weight is 345 g/mol. The van der Waals surface area contributed by atoms with Gasteiger partial charge in [0.15, 0.2) is 0 Å². The van der Waals surface area contributed by atoms with E-state index in [0.29, 0.717) is 22.3 Å². The molecule has 24 heavy (non-hydrogen) atoms. The van der Waals surface area contributed by atoms with Gasteiger partial charge in [0.1, 0.15) is 22.3 Å². The van der Waals surface area contributed by atoms with E-state index in [1.165, 1.54) is 12.4 Å². The Hall–Kier alpha value is -2.31. The van der Waals surface area contributed by atoms with Crippen LogP contribution in [-0.2, 0) is 5.60 Å². The Balaban J connectivity index is 1.83. The molecule has 0 bridgehead atoms. The molecule has 2 heterocycles. The molecule has 1 aliphatic carbocycles. The highest BCUT2D eigenvalue weighted by atomic mass is 35.5. The second-order valence-electron chi connectivity index (χ2n) is 5.76. The highest BCUT2D eigenvalue weighted by molar-refractivity contribution is 6.29. The summed E-state index contributed by atoms with van der Waals surface area (Å²) in [6.07, 6.45) is 6.95. The zero-order valence-electron chi connectivity index (χ0n) is 12.8. The molecule has 0 aliphatic heterocycles. The van der Waals surface area contributed by atoms with E-state index in [4.69, 9.17) is 27.2 Å². The van der Waals surface area contributed by atoms with Crippen LogP contribution in [0.25, 0.3) is 0 Å². The Morgan fingerprint density at radius 3 is 2.21 bits per heavy atom. The fourth-order valence-corrected chi connectivity index (χ4v) is 2.83. The molecule has 7 heteroatoms. The molecule has 0 saturated heterocycles. The minimum atomic E-state index is -1.32. The Morgan fingerprint density at radius 1 is 1.12 bits per heavy atom. The second-order valence-corrected chi connectivity index (χ2v) is 6.14. The third kappa shape index (κ3) is 3.16. The van der Waals surface area contributed by atoms with Gasteiger partial charge in [-0.05, 0) is 43.0 Å². The maximum Gasteiger partial charge on any atom is 0.145 e. The molecular weight excluding hydrogens is 328 g/mol. The highest BCUT2D eigenvalue weighted by Crippen LogP contribution is 2.48. The van der Waals surface area contributed by atoms with Gasteiger partial charge in [0.05, 0.1) is 24.0 Å². The van der Waals surface area contributed by atoms with E-state index in [1.807, 2.05) is 0 Å². The van der Waals surface area contributed by atoms with Gasteiger partial charge in [-0.1, -0.05) is 11.6 Å². The van der Waals surface area contributed by atoms with E-state index >= 15 is 0 Å². The van der Waals surface area contributed by atoms with Crippen LogP contribution in [0.15, 0.2) is 36.7 Å². The number of ether oxygens (including phenoxy) is 1. The number of aliphatic hydroxyl groups is 1. The number of nitrogens with one attached hydrogen (secondary N) is 2. The zero-order chi connectivity index (χ0) is 17.2. The van der Waals surface area contributed by atoms with Crippen molar-refractivity contribution >= 4 is 24.0 Å². The van der Waals surface area contributed by atoms with Crippen molar-refractivity contribution in [1.29, 1.82) is 10.8 Å². The van der Waals surface area contributed by atoms with Crippen molar-refractivity contribution in [2.24, 2.45) is 11.8 Å². The first-order chi connectivity index (χ1) is 11.6. The molecule has 1 unspecified atom stereocenters. The van der Waals surface area contributed by atoms with Gasteiger partial charge in [-0.2, -0.15) is 0 Å². The summed E-state index contributed by atoms with van der Waals surface area (Å²) in [6.45, 7) is 0. The van der Waals surface area contributed by atoms with Gasteiger partial charge < -0.3 is 20.7 Å². The van der Waals surface area contributed by atoms with Crippen molar-refractivity contribution < 1.29 is 9.84 Å². The first kappa shape index (κ1) is 16.5. The molecule has 1 saturated carbocycles. The first-order valence-electron chi connectivity index (χ1n) is 7.57. The zero-order valence-corrected chi connectivity index (χ0v) is 13.6. The Bertz CT molecular complexity index is 723. The van der Waals surface area contributed by atoms with Crippen molar-refractivity contribution in [2.45, 2.75) is 18.4 Å². The van der Waals surface area contributed by atoms with Crippen molar-refractivity contribution in [3.05, 3.63) is 47.5 Å². The summed E-state index contributed by atoms with van der Waals surface area (Å²) < 4.78 is 5.64. The monoisotopic (exact) mass is 344 g/mol. The summed E-state index contributed by atoms with van der Waals surface area (Å²) in [6, 6.07) is 6.71. The predicted octanol–water partition coefficient (Wildman–Crippen LogP) is 3.44. The molecule has 0 amide bonds. The number of hydrogen-bond donors (Lipinski definition) is 3. The lowest BCUT2D eigenvalue weighted by Crippen LogP contribution is -2.40. The molecule has 1 atom stereocenters. The molecule has 1 fully saturated rings. The van der Waals surface area contributed by atoms with Crippen LogP contribution in [-0.4, -0.2) is 27.5 Å². The van der Waals surface area contributed by atoms with Crippen LogP contribution < -0.4 is 4.74 Å². The molecule has 0 radical (unpaired) electrons. The fourth-order valence-electron chi connectivity index (χ4n) is 2.71. The summed E-state index contributed by atoms with van der Waals surface area (Å²) in [5, 5.41) is 26.4. The van der Waals surface area contributed by atoms with Gasteiger partial charge in [-0.3, -0.25) is 4.98 Å². The van der Waals surface area contributed by atoms with E-state index in [2.05, 4.69) is 9.97 Å². The number of halogens is 1. The van der Waals surface area contributed by atoms with Crippen LogP contribution in [0.5, 0.6) is 11.5 Å². The minimum absolute atomic E-state index is 0.0189. The van der Waals surface area contributed by atoms with Gasteiger partial charge in [0, 0.05) is 12.4 Å². The second kappa shape index (κ2) is 6.67. The molecule has 1 aliphatic rings. The predicted molar refractivity (Wildman–Crippen MR) is 91.2 cm³/mol. The lowest BCUT2D eigenvalue weighted by molar-refractivity contribution is -0.00222. The quantitative estimate of drug-likeness (QED) is 0.528. The summed E-state index contributed by atoms with van der Waals surface area (Å²) in [7, 11) is 0. The standard InChI is InChI=1S/C17H17ClN4O2/c18-16-6-4-14(10-22-16)24-13-3-5-15(21-9-13)17(23,11-1-2-11)12(7-19)8-20/h3-12,19-20,23H,1-2H2. The van der Waals surface area contributed by atoms with E-state index in [9.17, 15) is 5.11 Å². The Morgan fingerprint density at radius 2 is 1.75 bits per heavy atom. The summed E-state index contributed by atoms with van der Waals surface area (Å²) in [5.41, 5.74) is -0.868. The van der Waals surface area contributed by atoms with Crippen LogP contribution in [0.2, 0.25) is 5.15 Å². The highest BCUT2D eigenvalue weighted by Gasteiger charge is 2.50. The van der Waals surface area contributed by atoms with Crippen molar-refractivity contribution in [3.8, 4) is 11.5 Å². The number of rotatable bonds is 7. The smallest absolute Gasteiger partial charge is 0.145 e. The number of nitrogens with zero attached hydrogens (tertiary/aromatic N) is 2. The molecule has 3 rings (SSSR count). The third-order valence-corrected chi connectivity index (χ3v) is 4.37. The SMILES string of the molecule is N=CC(C=N)C(O)(c1ccc(Oc2ccc(Cl)nc2)cn1)C1CC1. The van der Waals surface area contributed by atoms with Gasteiger partial charge in [-0.15, -0.1) is 0 Å². The molecule has 0 spiro atoms. The Labute approximate surface area is 144 Å². The lowest BCUT2D eigenvalue weighted by atomic mass is 9.81. The largest absolute Gasteiger partial charge is 0.454 e. The van der Waals surface area contributed by atoms with Gasteiger partial charge >= 0.3 is 0 Å². The van der Waals surface area contributed by atoms with Gasteiger partial charge in [-0.25, -0.2) is 4.98 Å². The summed E-state index contributed by atoms with van der Waals surface area (Å²) in [4.78, 5) is 8.25. The van der Waals surface area contributed by atoms with Crippen molar-refractivity contribution in [3.63, 3.8) is 0 Å². The van der Waals surface area contributed by atoms with Crippen LogP contribution in [0.4, 0.5) is 0 Å². The molecule has 2 aromatic heterocycles. The lowest BCUT2D eigenvalue weighted by Gasteiger charge is -2.31.